The van der Waals surface area contributed by atoms with Gasteiger partial charge in [-0.05, 0) is 42.9 Å². The monoisotopic (exact) mass is 234 g/mol. The summed E-state index contributed by atoms with van der Waals surface area (Å²) in [6.45, 7) is 1.33. The largest absolute Gasteiger partial charge is 0.465 e. The lowest BCUT2D eigenvalue weighted by Crippen LogP contribution is -2.39. The minimum Gasteiger partial charge on any atom is -0.465 e. The molecule has 92 valence electrons. The van der Waals surface area contributed by atoms with Gasteiger partial charge in [-0.3, -0.25) is 0 Å². The molecule has 1 aliphatic heterocycles. The van der Waals surface area contributed by atoms with E-state index in [2.05, 4.69) is 0 Å². The van der Waals surface area contributed by atoms with Crippen LogP contribution in [-0.4, -0.2) is 29.2 Å². The van der Waals surface area contributed by atoms with E-state index in [4.69, 9.17) is 10.8 Å². The number of rotatable bonds is 2. The number of amides is 1. The number of benzene rings is 1. The highest BCUT2D eigenvalue weighted by Gasteiger charge is 2.23. The Morgan fingerprint density at radius 1 is 1.41 bits per heavy atom. The van der Waals surface area contributed by atoms with E-state index in [1.54, 1.807) is 0 Å². The smallest absolute Gasteiger partial charge is 0.407 e. The van der Waals surface area contributed by atoms with E-state index in [0.29, 0.717) is 19.0 Å². The fraction of sp³-hybridized carbons (Fsp3) is 0.462. The normalized spacial score (nSPS) is 20.2. The van der Waals surface area contributed by atoms with Crippen LogP contribution in [0.4, 0.5) is 10.5 Å². The topological polar surface area (TPSA) is 66.6 Å². The van der Waals surface area contributed by atoms with Crippen LogP contribution in [-0.2, 0) is 6.42 Å². The quantitative estimate of drug-likeness (QED) is 0.771. The summed E-state index contributed by atoms with van der Waals surface area (Å²) in [5.41, 5.74) is 7.64. The Bertz CT molecular complexity index is 389. The molecule has 1 heterocycles. The van der Waals surface area contributed by atoms with E-state index in [0.717, 1.165) is 24.9 Å². The summed E-state index contributed by atoms with van der Waals surface area (Å²) in [5, 5.41) is 8.97. The predicted octanol–water partition coefficient (Wildman–Crippen LogP) is 2.20. The van der Waals surface area contributed by atoms with Crippen LogP contribution >= 0.6 is 0 Å². The van der Waals surface area contributed by atoms with Gasteiger partial charge in [-0.25, -0.2) is 4.79 Å². The zero-order valence-corrected chi connectivity index (χ0v) is 9.80. The zero-order chi connectivity index (χ0) is 12.3. The Morgan fingerprint density at radius 2 is 2.12 bits per heavy atom. The van der Waals surface area contributed by atoms with Crippen LogP contribution in [0.3, 0.4) is 0 Å². The number of nitrogen functional groups attached to an aromatic ring is 1. The van der Waals surface area contributed by atoms with Crippen LogP contribution in [0.2, 0.25) is 0 Å². The van der Waals surface area contributed by atoms with Crippen LogP contribution in [0.25, 0.3) is 0 Å². The van der Waals surface area contributed by atoms with E-state index in [1.807, 2.05) is 24.3 Å². The molecule has 1 atom stereocenters. The Morgan fingerprint density at radius 3 is 2.76 bits per heavy atom. The van der Waals surface area contributed by atoms with Crippen LogP contribution < -0.4 is 5.73 Å². The minimum atomic E-state index is -0.799. The highest BCUT2D eigenvalue weighted by molar-refractivity contribution is 5.65. The average Bonchev–Trinajstić information content (AvgIpc) is 2.32. The second kappa shape index (κ2) is 5.08. The van der Waals surface area contributed by atoms with Crippen LogP contribution in [0.5, 0.6) is 0 Å². The first-order valence-corrected chi connectivity index (χ1v) is 5.97. The van der Waals surface area contributed by atoms with Crippen molar-refractivity contribution in [2.75, 3.05) is 18.8 Å². The second-order valence-electron chi connectivity index (χ2n) is 4.68. The summed E-state index contributed by atoms with van der Waals surface area (Å²) in [5.74, 6) is 0.434. The molecule has 4 heteroatoms. The maximum absolute atomic E-state index is 10.9. The van der Waals surface area contributed by atoms with Crippen LogP contribution in [0, 0.1) is 5.92 Å². The number of anilines is 1. The molecule has 3 N–H and O–H groups in total. The number of carbonyl (C=O) groups is 1. The molecule has 0 bridgehead atoms. The molecule has 0 radical (unpaired) electrons. The molecular weight excluding hydrogens is 216 g/mol. The van der Waals surface area contributed by atoms with Crippen molar-refractivity contribution in [3.8, 4) is 0 Å². The molecule has 1 aromatic rings. The van der Waals surface area contributed by atoms with E-state index in [-0.39, 0.29) is 0 Å². The van der Waals surface area contributed by atoms with Crippen molar-refractivity contribution in [3.63, 3.8) is 0 Å². The molecule has 1 aliphatic rings. The van der Waals surface area contributed by atoms with Gasteiger partial charge in [0, 0.05) is 18.8 Å². The first kappa shape index (κ1) is 11.8. The number of nitrogens with zero attached hydrogens (tertiary/aromatic N) is 1. The van der Waals surface area contributed by atoms with Crippen molar-refractivity contribution in [1.82, 2.24) is 4.90 Å². The van der Waals surface area contributed by atoms with Crippen molar-refractivity contribution in [1.29, 1.82) is 0 Å². The van der Waals surface area contributed by atoms with Crippen LogP contribution in [0.1, 0.15) is 18.4 Å². The van der Waals surface area contributed by atoms with Gasteiger partial charge in [-0.2, -0.15) is 0 Å². The standard InChI is InChI=1S/C13H18N2O2/c14-12-5-3-10(4-6-12)8-11-2-1-7-15(9-11)13(16)17/h3-6,11H,1-2,7-9,14H2,(H,16,17). The lowest BCUT2D eigenvalue weighted by molar-refractivity contribution is 0.120. The van der Waals surface area contributed by atoms with E-state index < -0.39 is 6.09 Å². The van der Waals surface area contributed by atoms with Gasteiger partial charge >= 0.3 is 6.09 Å². The zero-order valence-electron chi connectivity index (χ0n) is 9.80. The van der Waals surface area contributed by atoms with Gasteiger partial charge in [-0.15, -0.1) is 0 Å². The lowest BCUT2D eigenvalue weighted by atomic mass is 9.91. The summed E-state index contributed by atoms with van der Waals surface area (Å²) in [4.78, 5) is 12.4. The molecule has 0 aromatic heterocycles. The Balaban J connectivity index is 1.94. The number of hydrogen-bond donors (Lipinski definition) is 2. The highest BCUT2D eigenvalue weighted by Crippen LogP contribution is 2.21. The van der Waals surface area contributed by atoms with Gasteiger partial charge in [0.2, 0.25) is 0 Å². The molecule has 1 amide bonds. The third kappa shape index (κ3) is 3.12. The molecule has 0 saturated carbocycles. The van der Waals surface area contributed by atoms with Crippen molar-refractivity contribution < 1.29 is 9.90 Å². The number of piperidine rings is 1. The summed E-state index contributed by atoms with van der Waals surface area (Å²) >= 11 is 0. The predicted molar refractivity (Wildman–Crippen MR) is 66.9 cm³/mol. The van der Waals surface area contributed by atoms with Crippen molar-refractivity contribution >= 4 is 11.8 Å². The number of nitrogens with two attached hydrogens (primary N) is 1. The molecule has 17 heavy (non-hydrogen) atoms. The minimum absolute atomic E-state index is 0.434. The first-order valence-electron chi connectivity index (χ1n) is 5.97. The Labute approximate surface area is 101 Å². The molecule has 2 rings (SSSR count). The van der Waals surface area contributed by atoms with E-state index in [1.165, 1.54) is 10.5 Å². The fourth-order valence-corrected chi connectivity index (χ4v) is 2.39. The molecule has 4 nitrogen and oxygen atoms in total. The maximum Gasteiger partial charge on any atom is 0.407 e. The summed E-state index contributed by atoms with van der Waals surface area (Å²) < 4.78 is 0. The van der Waals surface area contributed by atoms with Crippen LogP contribution in [0.15, 0.2) is 24.3 Å². The number of carboxylic acid groups (broad SMARTS) is 1. The third-order valence-electron chi connectivity index (χ3n) is 3.29. The van der Waals surface area contributed by atoms with Crippen molar-refractivity contribution in [2.24, 2.45) is 5.92 Å². The van der Waals surface area contributed by atoms with E-state index in [9.17, 15) is 4.79 Å². The molecule has 0 aliphatic carbocycles. The molecule has 1 aromatic carbocycles. The van der Waals surface area contributed by atoms with Crippen molar-refractivity contribution in [3.05, 3.63) is 29.8 Å². The second-order valence-corrected chi connectivity index (χ2v) is 4.68. The van der Waals surface area contributed by atoms with Gasteiger partial charge in [0.1, 0.15) is 0 Å². The van der Waals surface area contributed by atoms with Gasteiger partial charge in [0.25, 0.3) is 0 Å². The SMILES string of the molecule is Nc1ccc(CC2CCCN(C(=O)O)C2)cc1. The fourth-order valence-electron chi connectivity index (χ4n) is 2.39. The molecule has 1 unspecified atom stereocenters. The van der Waals surface area contributed by atoms with Gasteiger partial charge in [-0.1, -0.05) is 12.1 Å². The molecule has 1 fully saturated rings. The first-order chi connectivity index (χ1) is 8.15. The van der Waals surface area contributed by atoms with Gasteiger partial charge in [0.15, 0.2) is 0 Å². The average molecular weight is 234 g/mol. The summed E-state index contributed by atoms with van der Waals surface area (Å²) in [6, 6.07) is 7.84. The van der Waals surface area contributed by atoms with Gasteiger partial charge < -0.3 is 15.7 Å². The summed E-state index contributed by atoms with van der Waals surface area (Å²) in [6.07, 6.45) is 2.21. The third-order valence-corrected chi connectivity index (χ3v) is 3.29. The van der Waals surface area contributed by atoms with Crippen molar-refractivity contribution in [2.45, 2.75) is 19.3 Å². The summed E-state index contributed by atoms with van der Waals surface area (Å²) in [7, 11) is 0. The van der Waals surface area contributed by atoms with Gasteiger partial charge in [0.05, 0.1) is 0 Å². The lowest BCUT2D eigenvalue weighted by Gasteiger charge is -2.30. The number of hydrogen-bond acceptors (Lipinski definition) is 2. The Kier molecular flexibility index (Phi) is 3.52. The Hall–Kier alpha value is -1.71. The molecule has 0 spiro atoms. The maximum atomic E-state index is 10.9. The highest BCUT2D eigenvalue weighted by atomic mass is 16.4. The molecule has 1 saturated heterocycles. The number of likely N-dealkylation sites (tertiary alicyclic amines) is 1. The molecular formula is C13H18N2O2. The van der Waals surface area contributed by atoms with E-state index >= 15 is 0 Å².